The third kappa shape index (κ3) is 10.3. The van der Waals surface area contributed by atoms with E-state index >= 15 is 0 Å². The number of hydrogen-bond donors (Lipinski definition) is 0. The molecule has 0 heterocycles. The monoisotopic (exact) mass is 736 g/mol. The molecule has 5 aromatic rings. The van der Waals surface area contributed by atoms with E-state index in [1.165, 1.54) is 83.1 Å². The summed E-state index contributed by atoms with van der Waals surface area (Å²) in [7, 11) is 0. The van der Waals surface area contributed by atoms with Gasteiger partial charge in [0.15, 0.2) is 0 Å². The summed E-state index contributed by atoms with van der Waals surface area (Å²) in [5.41, 5.74) is 13.8. The molecule has 0 N–H and O–H groups in total. The zero-order valence-corrected chi connectivity index (χ0v) is 31.6. The fraction of sp³-hybridized carbons (Fsp3) is 0.231. The Bertz CT molecular complexity index is 1560. The van der Waals surface area contributed by atoms with Crippen LogP contribution in [0, 0.1) is 19.9 Å². The van der Waals surface area contributed by atoms with Crippen molar-refractivity contribution in [1.29, 1.82) is 0 Å². The van der Waals surface area contributed by atoms with Gasteiger partial charge in [0.25, 0.3) is 0 Å². The molecule has 0 nitrogen and oxygen atoms in total. The van der Waals surface area contributed by atoms with E-state index in [4.69, 9.17) is 23.2 Å². The summed E-state index contributed by atoms with van der Waals surface area (Å²) >= 11 is 13.1. The molecular weight excluding hydrogens is 701 g/mol. The molecule has 0 aliphatic heterocycles. The minimum Gasteiger partial charge on any atom is -1.00 e. The largest absolute Gasteiger partial charge is 1.00 e. The first-order valence-electron chi connectivity index (χ1n) is 14.4. The standard InChI is InChI=1S/C15H13.C13H8Cl2.C11H17.2ClH.Zr/c1-10-3-5-14-12(7-10)9-13-8-11(2)4-6-15(13)14;14-12-5-1-10(2-6-12)9-11-3-7-13(15)8-4-11;1-5-9-6-7-10(8-9)11(2,3)4;;;/h3-7H,9H2,1-2H3;1-8H;6-8H,5H2,1-4H3;2*1H;/q-1;;-1;;;+2/p-2. The summed E-state index contributed by atoms with van der Waals surface area (Å²) in [6.07, 6.45) is 2.20. The quantitative estimate of drug-likeness (QED) is 0.223. The van der Waals surface area contributed by atoms with E-state index in [9.17, 15) is 0 Å². The van der Waals surface area contributed by atoms with Gasteiger partial charge in [0.2, 0.25) is 0 Å². The molecule has 0 atom stereocenters. The van der Waals surface area contributed by atoms with Crippen molar-refractivity contribution < 1.29 is 49.0 Å². The minimum atomic E-state index is 0. The maximum atomic E-state index is 5.86. The Balaban J connectivity index is 0.000000229. The van der Waals surface area contributed by atoms with Crippen LogP contribution >= 0.6 is 23.2 Å². The molecule has 5 aromatic carbocycles. The average Bonchev–Trinajstić information content (AvgIpc) is 3.58. The van der Waals surface area contributed by atoms with E-state index in [0.717, 1.165) is 22.9 Å². The van der Waals surface area contributed by atoms with Crippen molar-refractivity contribution in [2.24, 2.45) is 0 Å². The molecule has 0 bridgehead atoms. The van der Waals surface area contributed by atoms with Crippen LogP contribution in [0.1, 0.15) is 72.2 Å². The van der Waals surface area contributed by atoms with Gasteiger partial charge >= 0.3 is 120 Å². The van der Waals surface area contributed by atoms with Crippen LogP contribution in [0.3, 0.4) is 0 Å². The van der Waals surface area contributed by atoms with Gasteiger partial charge in [-0.15, -0.1) is 11.1 Å². The first-order chi connectivity index (χ1) is 19.9. The Hall–Kier alpha value is -1.86. The van der Waals surface area contributed by atoms with E-state index in [1.54, 1.807) is 0 Å². The third-order valence-electron chi connectivity index (χ3n) is 7.45. The Kier molecular flexibility index (Phi) is 15.0. The molecule has 1 aliphatic rings. The number of rotatable bonds is 3. The normalized spacial score (nSPS) is 11.0. The van der Waals surface area contributed by atoms with Crippen LogP contribution in [-0.4, -0.2) is 3.21 Å². The van der Waals surface area contributed by atoms with Crippen molar-refractivity contribution in [3.63, 3.8) is 0 Å². The Morgan fingerprint density at radius 3 is 1.82 bits per heavy atom. The SMILES string of the molecule is CCc1cc(C(C)(C)C)c[cH-]1.Cc1[c-]c2c(cc1)-c1ccc(C)cc1C2.Clc1ccc([C](=[Zr+2])c2ccc(Cl)cc2)cc1.[Cl-].[Cl-]. The fourth-order valence-corrected chi connectivity index (χ4v) is 6.02. The maximum absolute atomic E-state index is 5.86. The number of halogens is 4. The van der Waals surface area contributed by atoms with Gasteiger partial charge in [-0.05, 0) is 18.9 Å². The minimum absolute atomic E-state index is 0. The molecule has 0 unspecified atom stereocenters. The van der Waals surface area contributed by atoms with Crippen molar-refractivity contribution in [3.8, 4) is 11.1 Å². The number of hydrogen-bond acceptors (Lipinski definition) is 0. The molecule has 0 radical (unpaired) electrons. The topological polar surface area (TPSA) is 0 Å². The second-order valence-electron chi connectivity index (χ2n) is 11.9. The number of fused-ring (bicyclic) bond motifs is 3. The summed E-state index contributed by atoms with van der Waals surface area (Å²) in [4.78, 5) is 0. The van der Waals surface area contributed by atoms with Crippen molar-refractivity contribution in [3.05, 3.63) is 158 Å². The second kappa shape index (κ2) is 17.2. The van der Waals surface area contributed by atoms with Gasteiger partial charge in [-0.3, -0.25) is 0 Å². The van der Waals surface area contributed by atoms with Crippen LogP contribution in [0.4, 0.5) is 0 Å². The van der Waals surface area contributed by atoms with E-state index in [2.05, 4.69) is 96.1 Å². The van der Waals surface area contributed by atoms with Crippen LogP contribution in [0.5, 0.6) is 0 Å². The van der Waals surface area contributed by atoms with Gasteiger partial charge < -0.3 is 24.8 Å². The van der Waals surface area contributed by atoms with Gasteiger partial charge in [0.05, 0.1) is 0 Å². The molecule has 0 saturated heterocycles. The van der Waals surface area contributed by atoms with E-state index in [1.807, 2.05) is 48.5 Å². The Morgan fingerprint density at radius 1 is 0.795 bits per heavy atom. The maximum Gasteiger partial charge on any atom is -1.00 e. The third-order valence-corrected chi connectivity index (χ3v) is 9.37. The van der Waals surface area contributed by atoms with Crippen LogP contribution < -0.4 is 24.8 Å². The van der Waals surface area contributed by atoms with Crippen LogP contribution in [0.25, 0.3) is 11.1 Å². The summed E-state index contributed by atoms with van der Waals surface area (Å²) in [6, 6.07) is 37.1. The number of benzene rings is 4. The first kappa shape index (κ1) is 38.3. The van der Waals surface area contributed by atoms with E-state index in [-0.39, 0.29) is 24.8 Å². The summed E-state index contributed by atoms with van der Waals surface area (Å²) in [5.74, 6) is 0. The second-order valence-corrected chi connectivity index (χ2v) is 14.0. The molecule has 228 valence electrons. The van der Waals surface area contributed by atoms with Crippen LogP contribution in [0.2, 0.25) is 10.0 Å². The smallest absolute Gasteiger partial charge is 1.00 e. The molecule has 1 aliphatic carbocycles. The van der Waals surface area contributed by atoms with Crippen molar-refractivity contribution in [2.75, 3.05) is 0 Å². The molecule has 0 fully saturated rings. The van der Waals surface area contributed by atoms with Crippen molar-refractivity contribution in [1.82, 2.24) is 0 Å². The molecule has 44 heavy (non-hydrogen) atoms. The fourth-order valence-electron chi connectivity index (χ4n) is 4.95. The summed E-state index contributed by atoms with van der Waals surface area (Å²) in [6.45, 7) is 13.2. The van der Waals surface area contributed by atoms with Gasteiger partial charge in [-0.25, -0.2) is 6.07 Å². The molecule has 0 spiro atoms. The molecular formula is C39H38Cl4Zr-2. The average molecular weight is 740 g/mol. The van der Waals surface area contributed by atoms with Crippen molar-refractivity contribution >= 4 is 26.4 Å². The number of aryl methyl sites for hydroxylation is 3. The molecule has 5 heteroatoms. The molecule has 0 aromatic heterocycles. The van der Waals surface area contributed by atoms with Crippen LogP contribution in [-0.2, 0) is 42.5 Å². The van der Waals surface area contributed by atoms with Gasteiger partial charge in [0, 0.05) is 0 Å². The predicted molar refractivity (Wildman–Crippen MR) is 179 cm³/mol. The summed E-state index contributed by atoms with van der Waals surface area (Å²) in [5, 5.41) is 1.53. The zero-order chi connectivity index (χ0) is 30.4. The molecule has 0 amide bonds. The molecule has 6 rings (SSSR count). The van der Waals surface area contributed by atoms with Crippen LogP contribution in [0.15, 0.2) is 97.1 Å². The van der Waals surface area contributed by atoms with Gasteiger partial charge in [-0.2, -0.15) is 47.0 Å². The molecule has 0 saturated carbocycles. The van der Waals surface area contributed by atoms with Gasteiger partial charge in [0.1, 0.15) is 0 Å². The van der Waals surface area contributed by atoms with E-state index < -0.39 is 0 Å². The summed E-state index contributed by atoms with van der Waals surface area (Å²) < 4.78 is 1.31. The zero-order valence-electron chi connectivity index (χ0n) is 26.2. The predicted octanol–water partition coefficient (Wildman–Crippen LogP) is 5.06. The Morgan fingerprint density at radius 2 is 1.34 bits per heavy atom. The van der Waals surface area contributed by atoms with Gasteiger partial charge in [-0.1, -0.05) is 75.8 Å². The van der Waals surface area contributed by atoms with Crippen molar-refractivity contribution in [2.45, 2.75) is 59.8 Å². The van der Waals surface area contributed by atoms with E-state index in [0.29, 0.717) is 5.41 Å². The Labute approximate surface area is 301 Å². The first-order valence-corrected chi connectivity index (χ1v) is 16.4.